The summed E-state index contributed by atoms with van der Waals surface area (Å²) in [6.45, 7) is 11.7. The molecule has 3 fully saturated rings. The second-order valence-corrected chi connectivity index (χ2v) is 7.96. The number of nitrogens with zero attached hydrogens (tertiary/aromatic N) is 2. The fraction of sp³-hybridized carbons (Fsp3) is 0.700. The summed E-state index contributed by atoms with van der Waals surface area (Å²) < 4.78 is 6.67. The van der Waals surface area contributed by atoms with Crippen LogP contribution in [0.5, 0.6) is 5.75 Å². The molecule has 0 radical (unpaired) electrons. The number of benzene rings is 1. The van der Waals surface area contributed by atoms with E-state index in [4.69, 9.17) is 4.74 Å². The third-order valence-corrected chi connectivity index (χ3v) is 5.95. The second kappa shape index (κ2) is 6.10. The fourth-order valence-electron chi connectivity index (χ4n) is 4.79. The molecule has 0 amide bonds. The minimum Gasteiger partial charge on any atom is -0.485 e. The average Bonchev–Trinajstić information content (AvgIpc) is 3.12. The van der Waals surface area contributed by atoms with Crippen molar-refractivity contribution in [2.75, 3.05) is 32.7 Å². The summed E-state index contributed by atoms with van der Waals surface area (Å²) >= 11 is 0. The van der Waals surface area contributed by atoms with Crippen molar-refractivity contribution in [2.24, 2.45) is 0 Å². The molecule has 0 aromatic heterocycles. The number of likely N-dealkylation sites (tertiary alicyclic amines) is 1. The van der Waals surface area contributed by atoms with Crippen LogP contribution in [0.1, 0.15) is 48.8 Å². The lowest BCUT2D eigenvalue weighted by atomic mass is 9.94. The highest BCUT2D eigenvalue weighted by Gasteiger charge is 2.43. The molecule has 3 heteroatoms. The van der Waals surface area contributed by atoms with Gasteiger partial charge in [0.05, 0.1) is 0 Å². The van der Waals surface area contributed by atoms with Crippen molar-refractivity contribution in [3.05, 3.63) is 28.8 Å². The standard InChI is InChI=1S/C20H30N2O/c1-16-12-18(14-21-8-3-4-9-21)13-17(2)19(16)23-20-6-5-10-22(15-20)11-7-20/h12-13H,3-11,14-15H2,1-2H3/t20-/m0/s1. The Morgan fingerprint density at radius 2 is 1.70 bits per heavy atom. The van der Waals surface area contributed by atoms with Crippen molar-refractivity contribution in [3.63, 3.8) is 0 Å². The lowest BCUT2D eigenvalue weighted by Crippen LogP contribution is -2.43. The Hall–Kier alpha value is -1.06. The van der Waals surface area contributed by atoms with Crippen LogP contribution in [0, 0.1) is 13.8 Å². The van der Waals surface area contributed by atoms with Crippen LogP contribution in [0.15, 0.2) is 12.1 Å². The summed E-state index contributed by atoms with van der Waals surface area (Å²) in [6.07, 6.45) is 6.42. The number of hydrogen-bond acceptors (Lipinski definition) is 3. The van der Waals surface area contributed by atoms with Crippen molar-refractivity contribution in [2.45, 2.75) is 58.1 Å². The van der Waals surface area contributed by atoms with Gasteiger partial charge in [-0.3, -0.25) is 9.80 Å². The van der Waals surface area contributed by atoms with Gasteiger partial charge in [0.25, 0.3) is 0 Å². The van der Waals surface area contributed by atoms with Gasteiger partial charge in [-0.25, -0.2) is 0 Å². The monoisotopic (exact) mass is 314 g/mol. The maximum Gasteiger partial charge on any atom is 0.126 e. The zero-order valence-corrected chi connectivity index (χ0v) is 14.7. The molecule has 2 bridgehead atoms. The number of piperidine rings is 1. The van der Waals surface area contributed by atoms with E-state index < -0.39 is 0 Å². The molecule has 3 aliphatic heterocycles. The number of rotatable bonds is 4. The van der Waals surface area contributed by atoms with E-state index in [1.807, 2.05) is 0 Å². The van der Waals surface area contributed by atoms with Crippen LogP contribution in [-0.4, -0.2) is 48.1 Å². The highest BCUT2D eigenvalue weighted by atomic mass is 16.5. The number of fused-ring (bicyclic) bond motifs is 2. The molecule has 23 heavy (non-hydrogen) atoms. The number of hydrogen-bond donors (Lipinski definition) is 0. The first-order valence-corrected chi connectivity index (χ1v) is 9.37. The second-order valence-electron chi connectivity index (χ2n) is 7.96. The Labute approximate surface area is 140 Å². The maximum atomic E-state index is 6.67. The van der Waals surface area contributed by atoms with Crippen LogP contribution in [0.2, 0.25) is 0 Å². The largest absolute Gasteiger partial charge is 0.485 e. The molecule has 1 aromatic carbocycles. The topological polar surface area (TPSA) is 15.7 Å². The molecule has 0 spiro atoms. The highest BCUT2D eigenvalue weighted by Crippen LogP contribution is 2.38. The van der Waals surface area contributed by atoms with Gasteiger partial charge in [0, 0.05) is 26.1 Å². The van der Waals surface area contributed by atoms with E-state index in [1.54, 1.807) is 0 Å². The Morgan fingerprint density at radius 3 is 2.43 bits per heavy atom. The molecule has 1 aromatic rings. The van der Waals surface area contributed by atoms with Crippen molar-refractivity contribution < 1.29 is 4.74 Å². The number of ether oxygens (including phenoxy) is 1. The molecule has 3 nitrogen and oxygen atoms in total. The predicted molar refractivity (Wildman–Crippen MR) is 94.1 cm³/mol. The molecule has 0 N–H and O–H groups in total. The van der Waals surface area contributed by atoms with Crippen LogP contribution in [-0.2, 0) is 6.54 Å². The third-order valence-electron chi connectivity index (χ3n) is 5.95. The molecule has 126 valence electrons. The van der Waals surface area contributed by atoms with E-state index in [0.717, 1.165) is 18.8 Å². The van der Waals surface area contributed by atoms with Crippen LogP contribution >= 0.6 is 0 Å². The Morgan fingerprint density at radius 1 is 0.957 bits per heavy atom. The molecule has 3 saturated heterocycles. The molecule has 0 saturated carbocycles. The molecule has 0 aliphatic carbocycles. The quantitative estimate of drug-likeness (QED) is 0.846. The van der Waals surface area contributed by atoms with Gasteiger partial charge < -0.3 is 4.74 Å². The fourth-order valence-corrected chi connectivity index (χ4v) is 4.79. The molecule has 3 heterocycles. The van der Waals surface area contributed by atoms with Crippen molar-refractivity contribution >= 4 is 0 Å². The van der Waals surface area contributed by atoms with Crippen molar-refractivity contribution in [3.8, 4) is 5.75 Å². The van der Waals surface area contributed by atoms with E-state index in [0.29, 0.717) is 0 Å². The van der Waals surface area contributed by atoms with Gasteiger partial charge in [-0.15, -0.1) is 0 Å². The summed E-state index contributed by atoms with van der Waals surface area (Å²) in [5, 5.41) is 0. The van der Waals surface area contributed by atoms with Gasteiger partial charge in [-0.2, -0.15) is 0 Å². The lowest BCUT2D eigenvalue weighted by Gasteiger charge is -2.35. The molecule has 3 aliphatic rings. The Bertz CT molecular complexity index is 552. The SMILES string of the molecule is Cc1cc(CN2CCCC2)cc(C)c1O[C@@]12CCCN(CC1)C2. The van der Waals surface area contributed by atoms with E-state index in [1.165, 1.54) is 75.0 Å². The normalized spacial score (nSPS) is 30.8. The molecule has 1 unspecified atom stereocenters. The Kier molecular flexibility index (Phi) is 4.10. The summed E-state index contributed by atoms with van der Waals surface area (Å²) in [7, 11) is 0. The van der Waals surface area contributed by atoms with Crippen molar-refractivity contribution in [1.82, 2.24) is 9.80 Å². The van der Waals surface area contributed by atoms with Gasteiger partial charge in [0.15, 0.2) is 0 Å². The molecule has 2 atom stereocenters. The van der Waals surface area contributed by atoms with Crippen LogP contribution in [0.4, 0.5) is 0 Å². The van der Waals surface area contributed by atoms with Gasteiger partial charge in [0.1, 0.15) is 11.4 Å². The predicted octanol–water partition coefficient (Wildman–Crippen LogP) is 3.52. The summed E-state index contributed by atoms with van der Waals surface area (Å²) in [4.78, 5) is 5.14. The van der Waals surface area contributed by atoms with Crippen LogP contribution in [0.25, 0.3) is 0 Å². The van der Waals surface area contributed by atoms with E-state index in [2.05, 4.69) is 35.8 Å². The minimum atomic E-state index is 0.0875. The average molecular weight is 314 g/mol. The molecular weight excluding hydrogens is 284 g/mol. The third kappa shape index (κ3) is 3.14. The highest BCUT2D eigenvalue weighted by molar-refractivity contribution is 5.44. The van der Waals surface area contributed by atoms with Gasteiger partial charge in [0.2, 0.25) is 0 Å². The van der Waals surface area contributed by atoms with Gasteiger partial charge >= 0.3 is 0 Å². The first-order chi connectivity index (χ1) is 11.1. The lowest BCUT2D eigenvalue weighted by molar-refractivity contribution is 0.0439. The van der Waals surface area contributed by atoms with Crippen LogP contribution in [0.3, 0.4) is 0 Å². The van der Waals surface area contributed by atoms with Gasteiger partial charge in [-0.05, 0) is 75.9 Å². The summed E-state index contributed by atoms with van der Waals surface area (Å²) in [5.74, 6) is 1.15. The van der Waals surface area contributed by atoms with E-state index in [9.17, 15) is 0 Å². The van der Waals surface area contributed by atoms with Crippen molar-refractivity contribution in [1.29, 1.82) is 0 Å². The molecule has 4 rings (SSSR count). The molecular formula is C20H30N2O. The first kappa shape index (κ1) is 15.5. The summed E-state index contributed by atoms with van der Waals surface area (Å²) in [6, 6.07) is 4.71. The zero-order valence-electron chi connectivity index (χ0n) is 14.7. The van der Waals surface area contributed by atoms with Crippen LogP contribution < -0.4 is 4.74 Å². The van der Waals surface area contributed by atoms with E-state index >= 15 is 0 Å². The zero-order chi connectivity index (χ0) is 15.9. The minimum absolute atomic E-state index is 0.0875. The summed E-state index contributed by atoms with van der Waals surface area (Å²) in [5.41, 5.74) is 4.17. The smallest absolute Gasteiger partial charge is 0.126 e. The number of aryl methyl sites for hydroxylation is 2. The maximum absolute atomic E-state index is 6.67. The van der Waals surface area contributed by atoms with E-state index in [-0.39, 0.29) is 5.60 Å². The Balaban J connectivity index is 1.52. The first-order valence-electron chi connectivity index (χ1n) is 9.37. The van der Waals surface area contributed by atoms with Gasteiger partial charge in [-0.1, -0.05) is 12.1 Å².